The standard InChI is InChI=1S/C18H13Cl2N3O3/c1-3-15(24)12-6-4-11(5-7-12)9-22-10(2)21-17-14(22)8-13(19)16(20)18(17)23(25)26/h3-8H,1,9H2,2H3. The van der Waals surface area contributed by atoms with Crippen LogP contribution < -0.4 is 0 Å². The topological polar surface area (TPSA) is 78.0 Å². The van der Waals surface area contributed by atoms with Crippen molar-refractivity contribution in [1.29, 1.82) is 0 Å². The first-order chi connectivity index (χ1) is 12.3. The summed E-state index contributed by atoms with van der Waals surface area (Å²) in [5.74, 6) is 0.436. The molecule has 8 heteroatoms. The van der Waals surface area contributed by atoms with E-state index in [2.05, 4.69) is 11.6 Å². The molecule has 0 aliphatic carbocycles. The molecule has 0 atom stereocenters. The molecule has 0 fully saturated rings. The Morgan fingerprint density at radius 3 is 2.58 bits per heavy atom. The smallest absolute Gasteiger partial charge is 0.317 e. The molecule has 0 radical (unpaired) electrons. The van der Waals surface area contributed by atoms with Crippen molar-refractivity contribution in [3.63, 3.8) is 0 Å². The number of nitro benzene ring substituents is 1. The normalized spacial score (nSPS) is 10.9. The molecule has 6 nitrogen and oxygen atoms in total. The van der Waals surface area contributed by atoms with Gasteiger partial charge in [0.05, 0.1) is 15.5 Å². The molecule has 0 unspecified atom stereocenters. The second-order valence-corrected chi connectivity index (χ2v) is 6.44. The van der Waals surface area contributed by atoms with E-state index in [1.165, 1.54) is 6.08 Å². The van der Waals surface area contributed by atoms with Crippen molar-refractivity contribution in [1.82, 2.24) is 9.55 Å². The maximum atomic E-state index is 11.6. The van der Waals surface area contributed by atoms with Gasteiger partial charge in [0.15, 0.2) is 11.3 Å². The van der Waals surface area contributed by atoms with Gasteiger partial charge in [0.25, 0.3) is 0 Å². The molecule has 1 aromatic heterocycles. The summed E-state index contributed by atoms with van der Waals surface area (Å²) in [4.78, 5) is 26.7. The molecular formula is C18H13Cl2N3O3. The number of carbonyl (C=O) groups is 1. The minimum atomic E-state index is -0.580. The van der Waals surface area contributed by atoms with Crippen LogP contribution in [0.4, 0.5) is 5.69 Å². The Labute approximate surface area is 158 Å². The van der Waals surface area contributed by atoms with E-state index >= 15 is 0 Å². The third kappa shape index (κ3) is 3.09. The van der Waals surface area contributed by atoms with Crippen molar-refractivity contribution < 1.29 is 9.72 Å². The lowest BCUT2D eigenvalue weighted by Gasteiger charge is -2.08. The van der Waals surface area contributed by atoms with Gasteiger partial charge in [0.2, 0.25) is 0 Å². The lowest BCUT2D eigenvalue weighted by molar-refractivity contribution is -0.383. The summed E-state index contributed by atoms with van der Waals surface area (Å²) >= 11 is 12.1. The number of aryl methyl sites for hydroxylation is 1. The van der Waals surface area contributed by atoms with Gasteiger partial charge >= 0.3 is 5.69 Å². The molecule has 132 valence electrons. The maximum absolute atomic E-state index is 11.6. The highest BCUT2D eigenvalue weighted by Crippen LogP contribution is 2.38. The Hall–Kier alpha value is -2.70. The van der Waals surface area contributed by atoms with Crippen LogP contribution in [-0.4, -0.2) is 20.3 Å². The van der Waals surface area contributed by atoms with E-state index in [9.17, 15) is 14.9 Å². The van der Waals surface area contributed by atoms with E-state index in [-0.39, 0.29) is 27.0 Å². The number of ketones is 1. The van der Waals surface area contributed by atoms with Crippen LogP contribution in [0.25, 0.3) is 11.0 Å². The van der Waals surface area contributed by atoms with Crippen LogP contribution in [0.2, 0.25) is 10.0 Å². The fourth-order valence-corrected chi connectivity index (χ4v) is 3.15. The van der Waals surface area contributed by atoms with Gasteiger partial charge in [0.1, 0.15) is 10.8 Å². The van der Waals surface area contributed by atoms with Crippen LogP contribution in [0.15, 0.2) is 43.0 Å². The number of allylic oxidation sites excluding steroid dienone is 1. The van der Waals surface area contributed by atoms with E-state index in [0.717, 1.165) is 5.56 Å². The molecule has 1 heterocycles. The first kappa shape index (κ1) is 18.1. The van der Waals surface area contributed by atoms with Crippen molar-refractivity contribution in [3.8, 4) is 0 Å². The van der Waals surface area contributed by atoms with Crippen molar-refractivity contribution >= 4 is 45.7 Å². The molecule has 0 saturated carbocycles. The molecule has 0 saturated heterocycles. The van der Waals surface area contributed by atoms with Crippen LogP contribution in [0.3, 0.4) is 0 Å². The average molecular weight is 390 g/mol. The largest absolute Gasteiger partial charge is 0.323 e. The number of imidazole rings is 1. The number of hydrogen-bond acceptors (Lipinski definition) is 4. The van der Waals surface area contributed by atoms with E-state index in [1.54, 1.807) is 25.1 Å². The minimum absolute atomic E-state index is 0.0962. The van der Waals surface area contributed by atoms with Crippen molar-refractivity contribution in [2.24, 2.45) is 0 Å². The number of nitro groups is 1. The first-order valence-corrected chi connectivity index (χ1v) is 8.34. The van der Waals surface area contributed by atoms with Crippen molar-refractivity contribution in [2.75, 3.05) is 0 Å². The Morgan fingerprint density at radius 1 is 1.35 bits per heavy atom. The molecule has 0 aliphatic heterocycles. The zero-order valence-electron chi connectivity index (χ0n) is 13.7. The molecule has 3 aromatic rings. The van der Waals surface area contributed by atoms with Gasteiger partial charge in [-0.2, -0.15) is 0 Å². The summed E-state index contributed by atoms with van der Waals surface area (Å²) < 4.78 is 1.81. The van der Waals surface area contributed by atoms with E-state index in [4.69, 9.17) is 23.2 Å². The molecule has 0 N–H and O–H groups in total. The fraction of sp³-hybridized carbons (Fsp3) is 0.111. The number of halogens is 2. The quantitative estimate of drug-likeness (QED) is 0.267. The number of rotatable bonds is 5. The summed E-state index contributed by atoms with van der Waals surface area (Å²) in [6.07, 6.45) is 1.26. The third-order valence-corrected chi connectivity index (χ3v) is 4.83. The fourth-order valence-electron chi connectivity index (χ4n) is 2.74. The molecule has 0 spiro atoms. The molecule has 3 rings (SSSR count). The lowest BCUT2D eigenvalue weighted by Crippen LogP contribution is -2.03. The highest BCUT2D eigenvalue weighted by Gasteiger charge is 2.25. The predicted octanol–water partition coefficient (Wildman–Crippen LogP) is 4.98. The van der Waals surface area contributed by atoms with Crippen LogP contribution in [0.1, 0.15) is 21.7 Å². The van der Waals surface area contributed by atoms with Gasteiger partial charge in [-0.1, -0.05) is 54.0 Å². The molecule has 0 bridgehead atoms. The SMILES string of the molecule is C=CC(=O)c1ccc(Cn2c(C)nc3c([N+](=O)[O-])c(Cl)c(Cl)cc32)cc1. The number of nitrogens with zero attached hydrogens (tertiary/aromatic N) is 3. The van der Waals surface area contributed by atoms with Crippen LogP contribution in [0.5, 0.6) is 0 Å². The van der Waals surface area contributed by atoms with Crippen LogP contribution in [-0.2, 0) is 6.54 Å². The third-order valence-electron chi connectivity index (χ3n) is 4.05. The average Bonchev–Trinajstić information content (AvgIpc) is 2.90. The number of benzene rings is 2. The Bertz CT molecular complexity index is 1060. The van der Waals surface area contributed by atoms with Gasteiger partial charge in [-0.15, -0.1) is 0 Å². The molecule has 0 aliphatic rings. The van der Waals surface area contributed by atoms with Gasteiger partial charge in [-0.05, 0) is 24.6 Å². The number of aromatic nitrogens is 2. The molecular weight excluding hydrogens is 377 g/mol. The summed E-state index contributed by atoms with van der Waals surface area (Å²) in [6, 6.07) is 8.61. The Kier molecular flexibility index (Phi) is 4.80. The summed E-state index contributed by atoms with van der Waals surface area (Å²) in [6.45, 7) is 5.63. The zero-order valence-corrected chi connectivity index (χ0v) is 15.2. The Morgan fingerprint density at radius 2 is 2.00 bits per heavy atom. The monoisotopic (exact) mass is 389 g/mol. The van der Waals surface area contributed by atoms with Gasteiger partial charge < -0.3 is 4.57 Å². The van der Waals surface area contributed by atoms with Gasteiger partial charge in [-0.3, -0.25) is 14.9 Å². The number of fused-ring (bicyclic) bond motifs is 1. The molecule has 26 heavy (non-hydrogen) atoms. The van der Waals surface area contributed by atoms with Crippen molar-refractivity contribution in [2.45, 2.75) is 13.5 Å². The summed E-state index contributed by atoms with van der Waals surface area (Å²) in [7, 11) is 0. The predicted molar refractivity (Wildman–Crippen MR) is 101 cm³/mol. The van der Waals surface area contributed by atoms with E-state index in [0.29, 0.717) is 23.4 Å². The van der Waals surface area contributed by atoms with Gasteiger partial charge in [0, 0.05) is 12.1 Å². The highest BCUT2D eigenvalue weighted by atomic mass is 35.5. The van der Waals surface area contributed by atoms with Crippen LogP contribution >= 0.6 is 23.2 Å². The Balaban J connectivity index is 2.08. The zero-order chi connectivity index (χ0) is 19.0. The second-order valence-electron chi connectivity index (χ2n) is 5.66. The second kappa shape index (κ2) is 6.90. The summed E-state index contributed by atoms with van der Waals surface area (Å²) in [5, 5.41) is 11.3. The highest BCUT2D eigenvalue weighted by molar-refractivity contribution is 6.44. The lowest BCUT2D eigenvalue weighted by atomic mass is 10.1. The van der Waals surface area contributed by atoms with Gasteiger partial charge in [-0.25, -0.2) is 4.98 Å². The van der Waals surface area contributed by atoms with E-state index in [1.807, 2.05) is 16.7 Å². The number of hydrogen-bond donors (Lipinski definition) is 0. The van der Waals surface area contributed by atoms with E-state index < -0.39 is 4.92 Å². The molecule has 2 aromatic carbocycles. The summed E-state index contributed by atoms with van der Waals surface area (Å²) in [5.41, 5.74) is 1.86. The minimum Gasteiger partial charge on any atom is -0.323 e. The first-order valence-electron chi connectivity index (χ1n) is 7.58. The van der Waals surface area contributed by atoms with Crippen molar-refractivity contribution in [3.05, 3.63) is 80.1 Å². The maximum Gasteiger partial charge on any atom is 0.317 e. The van der Waals surface area contributed by atoms with Crippen LogP contribution in [0, 0.1) is 17.0 Å². The number of carbonyl (C=O) groups excluding carboxylic acids is 1. The molecule has 0 amide bonds.